The molecule has 0 saturated carbocycles. The lowest BCUT2D eigenvalue weighted by Crippen LogP contribution is -2.51. The molecule has 2 aromatic carbocycles. The van der Waals surface area contributed by atoms with Gasteiger partial charge in [0.2, 0.25) is 10.0 Å². The van der Waals surface area contributed by atoms with Crippen LogP contribution in [0.15, 0.2) is 53.4 Å². The number of amides is 1. The molecule has 0 N–H and O–H groups in total. The fourth-order valence-electron chi connectivity index (χ4n) is 3.55. The second-order valence-corrected chi connectivity index (χ2v) is 11.7. The second-order valence-electron chi connectivity index (χ2n) is 7.12. The third kappa shape index (κ3) is 5.02. The zero-order valence-electron chi connectivity index (χ0n) is 16.8. The molecule has 2 aliphatic rings. The van der Waals surface area contributed by atoms with Gasteiger partial charge in [0.15, 0.2) is 6.61 Å². The first kappa shape index (κ1) is 22.4. The number of sulfonamides is 1. The number of para-hydroxylation sites is 1. The minimum atomic E-state index is -3.93. The van der Waals surface area contributed by atoms with E-state index in [1.807, 2.05) is 47.8 Å². The Hall–Kier alpha value is -1.75. The third-order valence-electron chi connectivity index (χ3n) is 5.19. The average Bonchev–Trinajstić information content (AvgIpc) is 3.33. The number of ether oxygens (including phenoxy) is 1. The predicted molar refractivity (Wildman–Crippen MR) is 121 cm³/mol. The normalized spacial score (nSPS) is 18.3. The van der Waals surface area contributed by atoms with Crippen LogP contribution in [0.5, 0.6) is 5.75 Å². The number of rotatable bonds is 6. The monoisotopic (exact) mass is 482 g/mol. The van der Waals surface area contributed by atoms with Crippen LogP contribution in [0.3, 0.4) is 0 Å². The van der Waals surface area contributed by atoms with Crippen molar-refractivity contribution in [2.75, 3.05) is 44.3 Å². The van der Waals surface area contributed by atoms with Crippen LogP contribution in [0.4, 0.5) is 4.39 Å². The van der Waals surface area contributed by atoms with Crippen molar-refractivity contribution in [3.05, 3.63) is 59.9 Å². The van der Waals surface area contributed by atoms with Gasteiger partial charge in [-0.3, -0.25) is 4.79 Å². The van der Waals surface area contributed by atoms with Gasteiger partial charge in [0.05, 0.1) is 4.58 Å². The van der Waals surface area contributed by atoms with Crippen molar-refractivity contribution in [2.24, 2.45) is 0 Å². The Bertz CT molecular complexity index is 1040. The lowest BCUT2D eigenvalue weighted by atomic mass is 10.2. The second kappa shape index (κ2) is 9.81. The lowest BCUT2D eigenvalue weighted by molar-refractivity contribution is -0.134. The van der Waals surface area contributed by atoms with Gasteiger partial charge < -0.3 is 9.64 Å². The van der Waals surface area contributed by atoms with Gasteiger partial charge in [-0.15, -0.1) is 23.5 Å². The summed E-state index contributed by atoms with van der Waals surface area (Å²) in [6.45, 7) is 0.625. The molecule has 2 fully saturated rings. The van der Waals surface area contributed by atoms with Gasteiger partial charge in [-0.2, -0.15) is 4.31 Å². The maximum absolute atomic E-state index is 14.0. The third-order valence-corrected chi connectivity index (χ3v) is 10.2. The molecule has 0 aliphatic carbocycles. The van der Waals surface area contributed by atoms with Crippen LogP contribution in [0.25, 0.3) is 0 Å². The van der Waals surface area contributed by atoms with Crippen LogP contribution in [0, 0.1) is 5.82 Å². The van der Waals surface area contributed by atoms with E-state index in [0.29, 0.717) is 10.3 Å². The van der Waals surface area contributed by atoms with Crippen molar-refractivity contribution in [1.29, 1.82) is 0 Å². The van der Waals surface area contributed by atoms with Crippen molar-refractivity contribution >= 4 is 39.5 Å². The number of halogens is 1. The minimum absolute atomic E-state index is 0.0981. The van der Waals surface area contributed by atoms with Crippen LogP contribution >= 0.6 is 23.5 Å². The Kier molecular flexibility index (Phi) is 7.10. The van der Waals surface area contributed by atoms with Gasteiger partial charge in [-0.1, -0.05) is 30.3 Å². The fraction of sp³-hybridized carbons (Fsp3) is 0.381. The van der Waals surface area contributed by atoms with E-state index < -0.39 is 15.8 Å². The highest BCUT2D eigenvalue weighted by Crippen LogP contribution is 2.48. The first-order valence-corrected chi connectivity index (χ1v) is 13.5. The number of carbonyl (C=O) groups is 1. The van der Waals surface area contributed by atoms with Crippen LogP contribution < -0.4 is 4.74 Å². The largest absolute Gasteiger partial charge is 0.483 e. The molecule has 166 valence electrons. The van der Waals surface area contributed by atoms with Crippen molar-refractivity contribution < 1.29 is 22.3 Å². The smallest absolute Gasteiger partial charge is 0.260 e. The summed E-state index contributed by atoms with van der Waals surface area (Å²) in [6, 6.07) is 13.1. The average molecular weight is 483 g/mol. The van der Waals surface area contributed by atoms with Gasteiger partial charge in [0, 0.05) is 43.2 Å². The van der Waals surface area contributed by atoms with E-state index >= 15 is 0 Å². The van der Waals surface area contributed by atoms with Gasteiger partial charge in [0.25, 0.3) is 5.91 Å². The van der Waals surface area contributed by atoms with Gasteiger partial charge >= 0.3 is 0 Å². The molecule has 2 aliphatic heterocycles. The van der Waals surface area contributed by atoms with Crippen molar-refractivity contribution in [1.82, 2.24) is 9.21 Å². The molecule has 2 heterocycles. The fourth-order valence-corrected chi connectivity index (χ4v) is 7.94. The maximum Gasteiger partial charge on any atom is 0.260 e. The summed E-state index contributed by atoms with van der Waals surface area (Å²) in [5.41, 5.74) is 1.09. The van der Waals surface area contributed by atoms with Crippen LogP contribution in [0.2, 0.25) is 0 Å². The molecular weight excluding hydrogens is 459 g/mol. The van der Waals surface area contributed by atoms with Gasteiger partial charge in [0.1, 0.15) is 16.5 Å². The molecule has 0 bridgehead atoms. The molecule has 10 heteroatoms. The standard InChI is InChI=1S/C21H23FN2O4S3/c22-17-6-2-4-8-19(17)31(26,27)24-11-9-23(10-12-24)20(25)15-28-18-7-3-1-5-16(18)21-29-13-14-30-21/h1-8,21H,9-15H2. The molecule has 0 spiro atoms. The molecule has 1 amide bonds. The lowest BCUT2D eigenvalue weighted by Gasteiger charge is -2.34. The van der Waals surface area contributed by atoms with Crippen LogP contribution in [0.1, 0.15) is 10.1 Å². The Morgan fingerprint density at radius 3 is 2.35 bits per heavy atom. The summed E-state index contributed by atoms with van der Waals surface area (Å²) in [6.07, 6.45) is 0. The Labute approximate surface area is 190 Å². The quantitative estimate of drug-likeness (QED) is 0.630. The molecule has 2 aromatic rings. The molecule has 6 nitrogen and oxygen atoms in total. The summed E-state index contributed by atoms with van der Waals surface area (Å²) in [4.78, 5) is 13.9. The molecule has 2 saturated heterocycles. The maximum atomic E-state index is 14.0. The van der Waals surface area contributed by atoms with Crippen LogP contribution in [-0.4, -0.2) is 67.8 Å². The van der Waals surface area contributed by atoms with E-state index in [4.69, 9.17) is 4.74 Å². The Balaban J connectivity index is 1.34. The SMILES string of the molecule is O=C(COc1ccccc1C1SCCS1)N1CCN(S(=O)(=O)c2ccccc2F)CC1. The highest BCUT2D eigenvalue weighted by Gasteiger charge is 2.32. The highest BCUT2D eigenvalue weighted by atomic mass is 32.2. The number of nitrogens with zero attached hydrogens (tertiary/aromatic N) is 2. The number of hydrogen-bond donors (Lipinski definition) is 0. The summed E-state index contributed by atoms with van der Waals surface area (Å²) in [5.74, 6) is 1.95. The topological polar surface area (TPSA) is 66.9 Å². The van der Waals surface area contributed by atoms with E-state index in [0.717, 1.165) is 23.1 Å². The van der Waals surface area contributed by atoms with Gasteiger partial charge in [-0.05, 0) is 18.2 Å². The highest BCUT2D eigenvalue weighted by molar-refractivity contribution is 8.19. The minimum Gasteiger partial charge on any atom is -0.483 e. The van der Waals surface area contributed by atoms with E-state index in [2.05, 4.69) is 0 Å². The number of hydrogen-bond acceptors (Lipinski definition) is 6. The number of piperazine rings is 1. The predicted octanol–water partition coefficient (Wildman–Crippen LogP) is 3.22. The number of carbonyl (C=O) groups excluding carboxylic acids is 1. The van der Waals surface area contributed by atoms with E-state index in [-0.39, 0.29) is 43.6 Å². The summed E-state index contributed by atoms with van der Waals surface area (Å²) in [5, 5.41) is 0. The molecule has 0 radical (unpaired) electrons. The van der Waals surface area contributed by atoms with Crippen molar-refractivity contribution in [3.63, 3.8) is 0 Å². The first-order valence-electron chi connectivity index (χ1n) is 9.94. The molecule has 0 aromatic heterocycles. The number of benzene rings is 2. The zero-order chi connectivity index (χ0) is 21.8. The Morgan fingerprint density at radius 2 is 1.65 bits per heavy atom. The zero-order valence-corrected chi connectivity index (χ0v) is 19.2. The van der Waals surface area contributed by atoms with Crippen molar-refractivity contribution in [2.45, 2.75) is 9.48 Å². The molecular formula is C21H23FN2O4S3. The molecule has 0 unspecified atom stereocenters. The summed E-state index contributed by atoms with van der Waals surface area (Å²) >= 11 is 3.74. The Morgan fingerprint density at radius 1 is 1.00 bits per heavy atom. The van der Waals surface area contributed by atoms with Gasteiger partial charge in [-0.25, -0.2) is 12.8 Å². The van der Waals surface area contributed by atoms with E-state index in [1.54, 1.807) is 4.90 Å². The van der Waals surface area contributed by atoms with Crippen molar-refractivity contribution in [3.8, 4) is 5.75 Å². The van der Waals surface area contributed by atoms with Crippen LogP contribution in [-0.2, 0) is 14.8 Å². The van der Waals surface area contributed by atoms with E-state index in [9.17, 15) is 17.6 Å². The summed E-state index contributed by atoms with van der Waals surface area (Å²) < 4.78 is 46.8. The number of thioether (sulfide) groups is 2. The molecule has 4 rings (SSSR count). The molecule has 0 atom stereocenters. The summed E-state index contributed by atoms with van der Waals surface area (Å²) in [7, 11) is -3.93. The first-order chi connectivity index (χ1) is 15.0. The molecule has 31 heavy (non-hydrogen) atoms. The van der Waals surface area contributed by atoms with E-state index in [1.165, 1.54) is 22.5 Å².